The first-order valence-electron chi connectivity index (χ1n) is 9.06. The van der Waals surface area contributed by atoms with Crippen molar-refractivity contribution in [3.05, 3.63) is 48.0 Å². The highest BCUT2D eigenvalue weighted by Gasteiger charge is 2.45. The Morgan fingerprint density at radius 2 is 1.96 bits per heavy atom. The van der Waals surface area contributed by atoms with Gasteiger partial charge in [-0.05, 0) is 57.4 Å². The minimum atomic E-state index is -0.470. The lowest BCUT2D eigenvalue weighted by Crippen LogP contribution is -2.53. The lowest BCUT2D eigenvalue weighted by Gasteiger charge is -2.44. The van der Waals surface area contributed by atoms with E-state index < -0.39 is 5.60 Å². The molecule has 24 heavy (non-hydrogen) atoms. The van der Waals surface area contributed by atoms with E-state index in [0.29, 0.717) is 18.4 Å². The van der Waals surface area contributed by atoms with E-state index in [-0.39, 0.29) is 12.1 Å². The van der Waals surface area contributed by atoms with Crippen molar-refractivity contribution in [1.29, 1.82) is 0 Å². The normalized spacial score (nSPS) is 27.0. The molecule has 2 aliphatic rings. The van der Waals surface area contributed by atoms with E-state index in [9.17, 15) is 4.79 Å². The highest BCUT2D eigenvalue weighted by Crippen LogP contribution is 2.44. The summed E-state index contributed by atoms with van der Waals surface area (Å²) in [6, 6.07) is 10.7. The van der Waals surface area contributed by atoms with Crippen LogP contribution >= 0.6 is 0 Å². The molecule has 0 spiro atoms. The zero-order valence-corrected chi connectivity index (χ0v) is 15.1. The second kappa shape index (κ2) is 6.62. The largest absolute Gasteiger partial charge is 0.444 e. The van der Waals surface area contributed by atoms with Crippen molar-refractivity contribution in [1.82, 2.24) is 4.90 Å². The summed E-state index contributed by atoms with van der Waals surface area (Å²) in [5.41, 5.74) is 2.02. The van der Waals surface area contributed by atoms with Crippen LogP contribution in [0.15, 0.2) is 42.5 Å². The second-order valence-corrected chi connectivity index (χ2v) is 8.22. The Kier molecular flexibility index (Phi) is 4.71. The van der Waals surface area contributed by atoms with Gasteiger partial charge in [-0.2, -0.15) is 0 Å². The van der Waals surface area contributed by atoms with Crippen LogP contribution in [0.4, 0.5) is 4.79 Å². The zero-order chi connectivity index (χ0) is 17.3. The fourth-order valence-corrected chi connectivity index (χ4v) is 4.28. The van der Waals surface area contributed by atoms with Gasteiger partial charge in [0.15, 0.2) is 0 Å². The van der Waals surface area contributed by atoms with Gasteiger partial charge in [0, 0.05) is 12.6 Å². The number of piperidine rings is 1. The fourth-order valence-electron chi connectivity index (χ4n) is 4.28. The summed E-state index contributed by atoms with van der Waals surface area (Å²) >= 11 is 0. The van der Waals surface area contributed by atoms with Gasteiger partial charge in [0.05, 0.1) is 0 Å². The maximum absolute atomic E-state index is 12.8. The van der Waals surface area contributed by atoms with Crippen molar-refractivity contribution in [3.63, 3.8) is 0 Å². The Morgan fingerprint density at radius 1 is 1.25 bits per heavy atom. The van der Waals surface area contributed by atoms with Gasteiger partial charge >= 0.3 is 6.09 Å². The topological polar surface area (TPSA) is 29.5 Å². The van der Waals surface area contributed by atoms with Gasteiger partial charge in [-0.25, -0.2) is 4.79 Å². The SMILES string of the molecule is C=C1CN(C(=O)OC(C)(C)C)C(Cc2ccccc2)[C@@H]2CCC[C@H]12. The van der Waals surface area contributed by atoms with Gasteiger partial charge in [0.2, 0.25) is 0 Å². The van der Waals surface area contributed by atoms with Crippen LogP contribution in [0.3, 0.4) is 0 Å². The molecule has 0 N–H and O–H groups in total. The molecule has 0 bridgehead atoms. The Balaban J connectivity index is 1.85. The molecule has 0 radical (unpaired) electrons. The second-order valence-electron chi connectivity index (χ2n) is 8.22. The van der Waals surface area contributed by atoms with Gasteiger partial charge in [0.25, 0.3) is 0 Å². The standard InChI is InChI=1S/C21H29NO2/c1-15-14-22(20(23)24-21(2,3)4)19(18-12-8-11-17(15)18)13-16-9-6-5-7-10-16/h5-7,9-10,17-19H,1,8,11-14H2,2-4H3/t17-,18-,19?/m1/s1. The summed E-state index contributed by atoms with van der Waals surface area (Å²) in [7, 11) is 0. The number of likely N-dealkylation sites (tertiary alicyclic amines) is 1. The van der Waals surface area contributed by atoms with Gasteiger partial charge < -0.3 is 9.64 Å². The molecule has 1 aromatic rings. The monoisotopic (exact) mass is 327 g/mol. The van der Waals surface area contributed by atoms with E-state index in [1.165, 1.54) is 30.4 Å². The maximum Gasteiger partial charge on any atom is 0.410 e. The summed E-state index contributed by atoms with van der Waals surface area (Å²) < 4.78 is 5.69. The predicted molar refractivity (Wildman–Crippen MR) is 96.8 cm³/mol. The lowest BCUT2D eigenvalue weighted by molar-refractivity contribution is 0.00293. The number of fused-ring (bicyclic) bond motifs is 1. The summed E-state index contributed by atoms with van der Waals surface area (Å²) in [4.78, 5) is 14.7. The Bertz CT molecular complexity index is 602. The highest BCUT2D eigenvalue weighted by molar-refractivity contribution is 5.69. The molecule has 1 saturated heterocycles. The van der Waals surface area contributed by atoms with E-state index in [4.69, 9.17) is 4.74 Å². The molecule has 3 nitrogen and oxygen atoms in total. The minimum Gasteiger partial charge on any atom is -0.444 e. The summed E-state index contributed by atoms with van der Waals surface area (Å²) in [5, 5.41) is 0. The van der Waals surface area contributed by atoms with E-state index >= 15 is 0 Å². The summed E-state index contributed by atoms with van der Waals surface area (Å²) in [5.74, 6) is 1.08. The van der Waals surface area contributed by atoms with Crippen LogP contribution in [0.1, 0.15) is 45.6 Å². The predicted octanol–water partition coefficient (Wildman–Crippen LogP) is 4.82. The average Bonchev–Trinajstić information content (AvgIpc) is 2.99. The smallest absolute Gasteiger partial charge is 0.410 e. The first-order valence-corrected chi connectivity index (χ1v) is 9.06. The number of benzene rings is 1. The Labute approximate surface area is 145 Å². The third-order valence-corrected chi connectivity index (χ3v) is 5.28. The molecule has 1 amide bonds. The van der Waals surface area contributed by atoms with E-state index in [1.54, 1.807) is 0 Å². The van der Waals surface area contributed by atoms with Crippen LogP contribution < -0.4 is 0 Å². The Hall–Kier alpha value is -1.77. The van der Waals surface area contributed by atoms with Gasteiger partial charge in [0.1, 0.15) is 5.60 Å². The molecular weight excluding hydrogens is 298 g/mol. The van der Waals surface area contributed by atoms with Crippen molar-refractivity contribution in [2.45, 2.75) is 58.1 Å². The van der Waals surface area contributed by atoms with Crippen LogP contribution in [0.2, 0.25) is 0 Å². The number of carbonyl (C=O) groups excluding carboxylic acids is 1. The van der Waals surface area contributed by atoms with Gasteiger partial charge in [-0.15, -0.1) is 0 Å². The number of hydrogen-bond donors (Lipinski definition) is 0. The molecule has 3 heteroatoms. The molecule has 1 aliphatic carbocycles. The number of carbonyl (C=O) groups is 1. The van der Waals surface area contributed by atoms with Crippen LogP contribution in [-0.2, 0) is 11.2 Å². The number of amides is 1. The lowest BCUT2D eigenvalue weighted by atomic mass is 9.77. The van der Waals surface area contributed by atoms with Gasteiger partial charge in [-0.3, -0.25) is 0 Å². The van der Waals surface area contributed by atoms with Crippen LogP contribution in [0, 0.1) is 11.8 Å². The summed E-state index contributed by atoms with van der Waals surface area (Å²) in [6.45, 7) is 10.7. The molecular formula is C21H29NO2. The van der Waals surface area contributed by atoms with Crippen LogP contribution in [-0.4, -0.2) is 29.2 Å². The molecule has 1 aliphatic heterocycles. The van der Waals surface area contributed by atoms with Crippen molar-refractivity contribution >= 4 is 6.09 Å². The Morgan fingerprint density at radius 3 is 2.62 bits per heavy atom. The average molecular weight is 327 g/mol. The number of rotatable bonds is 2. The van der Waals surface area contributed by atoms with Crippen molar-refractivity contribution in [2.75, 3.05) is 6.54 Å². The van der Waals surface area contributed by atoms with Crippen molar-refractivity contribution in [3.8, 4) is 0 Å². The maximum atomic E-state index is 12.8. The van der Waals surface area contributed by atoms with Crippen molar-refractivity contribution in [2.24, 2.45) is 11.8 Å². The molecule has 1 saturated carbocycles. The molecule has 1 aromatic carbocycles. The van der Waals surface area contributed by atoms with Crippen LogP contribution in [0.5, 0.6) is 0 Å². The van der Waals surface area contributed by atoms with Crippen molar-refractivity contribution < 1.29 is 9.53 Å². The summed E-state index contributed by atoms with van der Waals surface area (Å²) in [6.07, 6.45) is 4.34. The highest BCUT2D eigenvalue weighted by atomic mass is 16.6. The quantitative estimate of drug-likeness (QED) is 0.729. The molecule has 1 heterocycles. The number of ether oxygens (including phenoxy) is 1. The third kappa shape index (κ3) is 3.66. The minimum absolute atomic E-state index is 0.199. The number of nitrogens with zero attached hydrogens (tertiary/aromatic N) is 1. The van der Waals surface area contributed by atoms with E-state index in [2.05, 4.69) is 30.8 Å². The first-order chi connectivity index (χ1) is 11.3. The molecule has 1 unspecified atom stereocenters. The first kappa shape index (κ1) is 17.1. The van der Waals surface area contributed by atoms with Gasteiger partial charge in [-0.1, -0.05) is 48.9 Å². The fraction of sp³-hybridized carbons (Fsp3) is 0.571. The molecule has 130 valence electrons. The zero-order valence-electron chi connectivity index (χ0n) is 15.1. The molecule has 0 aromatic heterocycles. The van der Waals surface area contributed by atoms with Crippen LogP contribution in [0.25, 0.3) is 0 Å². The van der Waals surface area contributed by atoms with E-state index in [1.807, 2.05) is 31.7 Å². The molecule has 3 atom stereocenters. The van der Waals surface area contributed by atoms with E-state index in [0.717, 1.165) is 6.42 Å². The third-order valence-electron chi connectivity index (χ3n) is 5.28. The molecule has 2 fully saturated rings. The number of hydrogen-bond acceptors (Lipinski definition) is 2. The molecule has 3 rings (SSSR count).